The number of hydrogen-bond donors (Lipinski definition) is 1. The molecule has 14 heavy (non-hydrogen) atoms. The maximum Gasteiger partial charge on any atom is 0.0432 e. The Kier molecular flexibility index (Phi) is 5.87. The molecule has 1 aliphatic heterocycles. The van der Waals surface area contributed by atoms with Crippen molar-refractivity contribution in [1.82, 2.24) is 10.2 Å². The van der Waals surface area contributed by atoms with Gasteiger partial charge in [-0.05, 0) is 32.9 Å². The third-order valence-corrected chi connectivity index (χ3v) is 3.09. The summed E-state index contributed by atoms with van der Waals surface area (Å²) in [4.78, 5) is 2.48. The van der Waals surface area contributed by atoms with Crippen LogP contribution in [0.2, 0.25) is 0 Å². The van der Waals surface area contributed by atoms with E-state index in [1.165, 1.54) is 31.5 Å². The van der Waals surface area contributed by atoms with E-state index < -0.39 is 0 Å². The molecule has 1 aliphatic rings. The molecule has 0 spiro atoms. The second-order valence-electron chi connectivity index (χ2n) is 3.85. The molecule has 4 heteroatoms. The third-order valence-electron chi connectivity index (χ3n) is 2.47. The molecule has 1 unspecified atom stereocenters. The van der Waals surface area contributed by atoms with Crippen LogP contribution in [0.3, 0.4) is 0 Å². The van der Waals surface area contributed by atoms with Gasteiger partial charge in [0.2, 0.25) is 0 Å². The Balaban J connectivity index is 2.11. The lowest BCUT2D eigenvalue weighted by Crippen LogP contribution is -2.38. The van der Waals surface area contributed by atoms with E-state index in [9.17, 15) is 0 Å². The van der Waals surface area contributed by atoms with Gasteiger partial charge in [0.05, 0.1) is 0 Å². The summed E-state index contributed by atoms with van der Waals surface area (Å²) in [5.41, 5.74) is 1.41. The van der Waals surface area contributed by atoms with Crippen LogP contribution < -0.4 is 5.32 Å². The maximum atomic E-state index is 5.78. The van der Waals surface area contributed by atoms with Gasteiger partial charge in [-0.3, -0.25) is 0 Å². The van der Waals surface area contributed by atoms with E-state index in [2.05, 4.69) is 17.1 Å². The van der Waals surface area contributed by atoms with Crippen LogP contribution >= 0.6 is 23.2 Å². The largest absolute Gasteiger partial charge is 0.308 e. The molecule has 82 valence electrons. The van der Waals surface area contributed by atoms with E-state index >= 15 is 0 Å². The Labute approximate surface area is 96.2 Å². The number of nitrogens with zero attached hydrogens (tertiary/aromatic N) is 1. The first-order valence-electron chi connectivity index (χ1n) is 5.13. The number of likely N-dealkylation sites (tertiary alicyclic amines) is 1. The highest BCUT2D eigenvalue weighted by Crippen LogP contribution is 2.08. The van der Waals surface area contributed by atoms with Crippen LogP contribution in [0, 0.1) is 0 Å². The molecule has 0 aromatic carbocycles. The zero-order valence-electron chi connectivity index (χ0n) is 8.60. The number of halogens is 2. The lowest BCUT2D eigenvalue weighted by Gasteiger charge is -2.20. The predicted molar refractivity (Wildman–Crippen MR) is 62.9 cm³/mol. The van der Waals surface area contributed by atoms with E-state index in [-0.39, 0.29) is 0 Å². The summed E-state index contributed by atoms with van der Waals surface area (Å²) in [5.74, 6) is 0. The lowest BCUT2D eigenvalue weighted by molar-refractivity contribution is 0.302. The van der Waals surface area contributed by atoms with Crippen molar-refractivity contribution in [3.63, 3.8) is 0 Å². The molecule has 1 heterocycles. The van der Waals surface area contributed by atoms with Gasteiger partial charge in [-0.15, -0.1) is 0 Å². The fourth-order valence-corrected chi connectivity index (χ4v) is 1.88. The molecule has 0 radical (unpaired) electrons. The average molecular weight is 237 g/mol. The van der Waals surface area contributed by atoms with Gasteiger partial charge in [-0.1, -0.05) is 23.2 Å². The minimum atomic E-state index is 0.471. The Morgan fingerprint density at radius 3 is 2.71 bits per heavy atom. The molecule has 0 saturated carbocycles. The molecule has 2 nitrogen and oxygen atoms in total. The molecule has 0 amide bonds. The fourth-order valence-electron chi connectivity index (χ4n) is 1.73. The van der Waals surface area contributed by atoms with E-state index in [0.717, 1.165) is 6.54 Å². The monoisotopic (exact) mass is 236 g/mol. The van der Waals surface area contributed by atoms with Crippen molar-refractivity contribution < 1.29 is 0 Å². The van der Waals surface area contributed by atoms with Gasteiger partial charge in [0.1, 0.15) is 0 Å². The first kappa shape index (κ1) is 12.3. The van der Waals surface area contributed by atoms with Crippen LogP contribution in [0.1, 0.15) is 19.8 Å². The van der Waals surface area contributed by atoms with Gasteiger partial charge in [-0.2, -0.15) is 0 Å². The van der Waals surface area contributed by atoms with Crippen molar-refractivity contribution in [2.45, 2.75) is 25.8 Å². The van der Waals surface area contributed by atoms with Crippen LogP contribution in [0.4, 0.5) is 0 Å². The van der Waals surface area contributed by atoms with E-state index in [4.69, 9.17) is 23.2 Å². The second-order valence-corrected chi connectivity index (χ2v) is 4.55. The molecule has 1 atom stereocenters. The molecular weight excluding hydrogens is 219 g/mol. The SMILES string of the molecule is CC(CN1CCCC1)NCC(Cl)=CCl. The van der Waals surface area contributed by atoms with Crippen molar-refractivity contribution in [2.24, 2.45) is 0 Å². The van der Waals surface area contributed by atoms with Gasteiger partial charge in [-0.25, -0.2) is 0 Å². The van der Waals surface area contributed by atoms with Crippen molar-refractivity contribution >= 4 is 23.2 Å². The van der Waals surface area contributed by atoms with Crippen LogP contribution in [-0.2, 0) is 0 Å². The molecule has 1 N–H and O–H groups in total. The summed E-state index contributed by atoms with van der Waals surface area (Å²) < 4.78 is 0. The van der Waals surface area contributed by atoms with Crippen LogP contribution in [-0.4, -0.2) is 37.1 Å². The highest BCUT2D eigenvalue weighted by atomic mass is 35.5. The molecule has 0 aromatic rings. The predicted octanol–water partition coefficient (Wildman–Crippen LogP) is 2.38. The first-order chi connectivity index (χ1) is 6.72. The summed E-state index contributed by atoms with van der Waals surface area (Å²) in [7, 11) is 0. The number of rotatable bonds is 5. The average Bonchev–Trinajstić information content (AvgIpc) is 2.66. The second kappa shape index (κ2) is 6.67. The molecular formula is C10H18Cl2N2. The Hall–Kier alpha value is 0.240. The van der Waals surface area contributed by atoms with Gasteiger partial charge < -0.3 is 10.2 Å². The van der Waals surface area contributed by atoms with E-state index in [1.807, 2.05) is 0 Å². The Bertz CT molecular complexity index is 189. The van der Waals surface area contributed by atoms with Gasteiger partial charge in [0.15, 0.2) is 0 Å². The van der Waals surface area contributed by atoms with Crippen LogP contribution in [0.15, 0.2) is 10.6 Å². The van der Waals surface area contributed by atoms with Crippen molar-refractivity contribution in [3.05, 3.63) is 10.6 Å². The third kappa shape index (κ3) is 4.65. The van der Waals surface area contributed by atoms with Gasteiger partial charge >= 0.3 is 0 Å². The zero-order valence-corrected chi connectivity index (χ0v) is 10.1. The molecule has 0 aliphatic carbocycles. The summed E-state index contributed by atoms with van der Waals surface area (Å²) >= 11 is 11.2. The van der Waals surface area contributed by atoms with Crippen molar-refractivity contribution in [1.29, 1.82) is 0 Å². The quantitative estimate of drug-likeness (QED) is 0.789. The standard InChI is InChI=1S/C10H18Cl2N2/c1-9(13-7-10(12)6-11)8-14-4-2-3-5-14/h6,9,13H,2-5,7-8H2,1H3. The summed E-state index contributed by atoms with van der Waals surface area (Å²) in [6.45, 7) is 6.43. The van der Waals surface area contributed by atoms with Crippen LogP contribution in [0.5, 0.6) is 0 Å². The summed E-state index contributed by atoms with van der Waals surface area (Å²) in [5, 5.41) is 4.00. The highest BCUT2D eigenvalue weighted by Gasteiger charge is 2.13. The zero-order chi connectivity index (χ0) is 10.4. The first-order valence-corrected chi connectivity index (χ1v) is 5.94. The Morgan fingerprint density at radius 1 is 1.50 bits per heavy atom. The van der Waals surface area contributed by atoms with E-state index in [1.54, 1.807) is 0 Å². The van der Waals surface area contributed by atoms with Gasteiger partial charge in [0.25, 0.3) is 0 Å². The molecule has 0 aromatic heterocycles. The summed E-state index contributed by atoms with van der Waals surface area (Å²) in [6, 6.07) is 0.471. The molecule has 1 rings (SSSR count). The smallest absolute Gasteiger partial charge is 0.0432 e. The summed E-state index contributed by atoms with van der Waals surface area (Å²) in [6.07, 6.45) is 2.68. The fraction of sp³-hybridized carbons (Fsp3) is 0.800. The van der Waals surface area contributed by atoms with Crippen molar-refractivity contribution in [2.75, 3.05) is 26.2 Å². The highest BCUT2D eigenvalue weighted by molar-refractivity contribution is 6.36. The Morgan fingerprint density at radius 2 is 2.14 bits per heavy atom. The molecule has 1 fully saturated rings. The topological polar surface area (TPSA) is 15.3 Å². The normalized spacial score (nSPS) is 21.5. The number of hydrogen-bond acceptors (Lipinski definition) is 2. The molecule has 0 bridgehead atoms. The van der Waals surface area contributed by atoms with Crippen molar-refractivity contribution in [3.8, 4) is 0 Å². The van der Waals surface area contributed by atoms with Gasteiger partial charge in [0, 0.05) is 29.7 Å². The maximum absolute atomic E-state index is 5.78. The minimum Gasteiger partial charge on any atom is -0.308 e. The molecule has 1 saturated heterocycles. The number of nitrogens with one attached hydrogen (secondary N) is 1. The van der Waals surface area contributed by atoms with Crippen LogP contribution in [0.25, 0.3) is 0 Å². The minimum absolute atomic E-state index is 0.471. The van der Waals surface area contributed by atoms with E-state index in [0.29, 0.717) is 17.6 Å². The lowest BCUT2D eigenvalue weighted by atomic mass is 10.3.